The van der Waals surface area contributed by atoms with Crippen molar-refractivity contribution < 1.29 is 13.2 Å². The lowest BCUT2D eigenvalue weighted by atomic mass is 9.86. The molecule has 116 valence electrons. The summed E-state index contributed by atoms with van der Waals surface area (Å²) < 4.78 is 32.9. The van der Waals surface area contributed by atoms with Crippen LogP contribution in [0.3, 0.4) is 0 Å². The predicted molar refractivity (Wildman–Crippen MR) is 81.7 cm³/mol. The van der Waals surface area contributed by atoms with E-state index in [1.54, 1.807) is 22.5 Å². The summed E-state index contributed by atoms with van der Waals surface area (Å²) in [6.07, 6.45) is 5.43. The Labute approximate surface area is 126 Å². The molecular weight excluding hydrogens is 288 g/mol. The molecule has 5 nitrogen and oxygen atoms in total. The molecule has 3 rings (SSSR count). The van der Waals surface area contributed by atoms with Crippen molar-refractivity contribution in [3.63, 3.8) is 0 Å². The fourth-order valence-electron chi connectivity index (χ4n) is 3.68. The van der Waals surface area contributed by atoms with E-state index in [-0.39, 0.29) is 10.9 Å². The topological polar surface area (TPSA) is 72.6 Å². The molecule has 0 spiro atoms. The largest absolute Gasteiger partial charge is 0.495 e. The first-order valence-corrected chi connectivity index (χ1v) is 8.93. The molecule has 1 saturated carbocycles. The van der Waals surface area contributed by atoms with Gasteiger partial charge in [0.25, 0.3) is 0 Å². The summed E-state index contributed by atoms with van der Waals surface area (Å²) in [6.45, 7) is 0.616. The van der Waals surface area contributed by atoms with E-state index in [0.29, 0.717) is 23.9 Å². The number of ether oxygens (including phenoxy) is 1. The van der Waals surface area contributed by atoms with Crippen LogP contribution in [0.5, 0.6) is 5.75 Å². The van der Waals surface area contributed by atoms with Gasteiger partial charge in [0.2, 0.25) is 10.0 Å². The van der Waals surface area contributed by atoms with Crippen LogP contribution in [0.2, 0.25) is 0 Å². The highest BCUT2D eigenvalue weighted by Gasteiger charge is 2.43. The number of anilines is 1. The van der Waals surface area contributed by atoms with Gasteiger partial charge in [-0.05, 0) is 37.3 Å². The molecule has 1 aliphatic heterocycles. The molecule has 2 N–H and O–H groups in total. The molecule has 2 aliphatic rings. The number of hydrogen-bond donors (Lipinski definition) is 1. The first-order valence-electron chi connectivity index (χ1n) is 7.49. The minimum Gasteiger partial charge on any atom is -0.495 e. The summed E-state index contributed by atoms with van der Waals surface area (Å²) >= 11 is 0. The molecule has 0 aromatic heterocycles. The second-order valence-electron chi connectivity index (χ2n) is 5.93. The monoisotopic (exact) mass is 310 g/mol. The van der Waals surface area contributed by atoms with E-state index in [0.717, 1.165) is 25.7 Å². The second kappa shape index (κ2) is 5.50. The Bertz CT molecular complexity index is 630. The van der Waals surface area contributed by atoms with Crippen molar-refractivity contribution in [1.82, 2.24) is 4.31 Å². The maximum absolute atomic E-state index is 13.0. The van der Waals surface area contributed by atoms with Crippen LogP contribution in [-0.4, -0.2) is 32.4 Å². The van der Waals surface area contributed by atoms with E-state index in [9.17, 15) is 8.42 Å². The number of nitrogens with two attached hydrogens (primary N) is 1. The average Bonchev–Trinajstić information content (AvgIpc) is 2.91. The third-order valence-corrected chi connectivity index (χ3v) is 6.70. The molecule has 0 amide bonds. The molecule has 2 fully saturated rings. The first kappa shape index (κ1) is 14.7. The van der Waals surface area contributed by atoms with Gasteiger partial charge in [0.15, 0.2) is 0 Å². The highest BCUT2D eigenvalue weighted by atomic mass is 32.2. The van der Waals surface area contributed by atoms with Gasteiger partial charge < -0.3 is 10.5 Å². The van der Waals surface area contributed by atoms with Crippen LogP contribution in [0, 0.1) is 5.92 Å². The van der Waals surface area contributed by atoms with Gasteiger partial charge in [-0.1, -0.05) is 12.8 Å². The first-order chi connectivity index (χ1) is 10.0. The van der Waals surface area contributed by atoms with Gasteiger partial charge in [-0.3, -0.25) is 0 Å². The number of fused-ring (bicyclic) bond motifs is 1. The molecule has 1 aromatic carbocycles. The normalized spacial score (nSPS) is 26.5. The van der Waals surface area contributed by atoms with E-state index < -0.39 is 10.0 Å². The third kappa shape index (κ3) is 2.51. The number of rotatable bonds is 3. The lowest BCUT2D eigenvalue weighted by Gasteiger charge is -2.31. The molecule has 21 heavy (non-hydrogen) atoms. The fraction of sp³-hybridized carbons (Fsp3) is 0.600. The zero-order valence-electron chi connectivity index (χ0n) is 12.3. The summed E-state index contributed by atoms with van der Waals surface area (Å²) in [5, 5.41) is 0. The number of nitrogens with zero attached hydrogens (tertiary/aromatic N) is 1. The zero-order valence-corrected chi connectivity index (χ0v) is 13.1. The van der Waals surface area contributed by atoms with Crippen LogP contribution >= 0.6 is 0 Å². The molecule has 0 radical (unpaired) electrons. The zero-order chi connectivity index (χ0) is 15.0. The van der Waals surface area contributed by atoms with Crippen molar-refractivity contribution in [1.29, 1.82) is 0 Å². The Morgan fingerprint density at radius 1 is 1.24 bits per heavy atom. The summed E-state index contributed by atoms with van der Waals surface area (Å²) in [4.78, 5) is 0.227. The van der Waals surface area contributed by atoms with Gasteiger partial charge in [-0.2, -0.15) is 4.31 Å². The van der Waals surface area contributed by atoms with Crippen molar-refractivity contribution in [3.05, 3.63) is 18.2 Å². The minimum atomic E-state index is -3.52. The molecule has 2 atom stereocenters. The minimum absolute atomic E-state index is 0.158. The fourth-order valence-corrected chi connectivity index (χ4v) is 5.55. The second-order valence-corrected chi connectivity index (χ2v) is 7.79. The smallest absolute Gasteiger partial charge is 0.247 e. The number of nitrogen functional groups attached to an aromatic ring is 1. The van der Waals surface area contributed by atoms with Crippen LogP contribution < -0.4 is 10.5 Å². The molecule has 1 heterocycles. The molecule has 1 aliphatic carbocycles. The molecular formula is C15H22N2O3S. The van der Waals surface area contributed by atoms with Gasteiger partial charge in [0.1, 0.15) is 10.6 Å². The third-order valence-electron chi connectivity index (χ3n) is 4.73. The number of sulfonamides is 1. The van der Waals surface area contributed by atoms with Crippen LogP contribution in [0.4, 0.5) is 5.69 Å². The Morgan fingerprint density at radius 3 is 2.76 bits per heavy atom. The highest BCUT2D eigenvalue weighted by Crippen LogP contribution is 2.40. The van der Waals surface area contributed by atoms with Crippen molar-refractivity contribution >= 4 is 15.7 Å². The van der Waals surface area contributed by atoms with Gasteiger partial charge >= 0.3 is 0 Å². The quantitative estimate of drug-likeness (QED) is 0.869. The summed E-state index contributed by atoms with van der Waals surface area (Å²) in [5.74, 6) is 0.850. The molecule has 6 heteroatoms. The number of methoxy groups -OCH3 is 1. The Morgan fingerprint density at radius 2 is 2.00 bits per heavy atom. The van der Waals surface area contributed by atoms with Crippen LogP contribution in [-0.2, 0) is 10.0 Å². The van der Waals surface area contributed by atoms with Crippen molar-refractivity contribution in [2.75, 3.05) is 19.4 Å². The van der Waals surface area contributed by atoms with E-state index in [4.69, 9.17) is 10.5 Å². The van der Waals surface area contributed by atoms with Gasteiger partial charge in [0, 0.05) is 24.3 Å². The predicted octanol–water partition coefficient (Wildman–Crippen LogP) is 2.23. The lowest BCUT2D eigenvalue weighted by molar-refractivity contribution is 0.259. The van der Waals surface area contributed by atoms with Crippen molar-refractivity contribution in [3.8, 4) is 5.75 Å². The standard InChI is InChI=1S/C15H22N2O3S/c1-20-14-10-12(16)6-7-15(14)21(18,19)17-9-8-11-4-2-3-5-13(11)17/h6-7,10-11,13H,2-5,8-9,16H2,1H3. The Kier molecular flexibility index (Phi) is 3.84. The van der Waals surface area contributed by atoms with Gasteiger partial charge in [0.05, 0.1) is 7.11 Å². The molecule has 2 unspecified atom stereocenters. The van der Waals surface area contributed by atoms with E-state index >= 15 is 0 Å². The Balaban J connectivity index is 1.97. The van der Waals surface area contributed by atoms with E-state index in [1.165, 1.54) is 13.5 Å². The summed E-state index contributed by atoms with van der Waals surface area (Å²) in [6, 6.07) is 4.90. The van der Waals surface area contributed by atoms with Crippen LogP contribution in [0.1, 0.15) is 32.1 Å². The lowest BCUT2D eigenvalue weighted by Crippen LogP contribution is -2.39. The maximum atomic E-state index is 13.0. The molecule has 1 aromatic rings. The van der Waals surface area contributed by atoms with Crippen molar-refractivity contribution in [2.24, 2.45) is 5.92 Å². The van der Waals surface area contributed by atoms with Gasteiger partial charge in [-0.25, -0.2) is 8.42 Å². The van der Waals surface area contributed by atoms with Crippen LogP contribution in [0.15, 0.2) is 23.1 Å². The highest BCUT2D eigenvalue weighted by molar-refractivity contribution is 7.89. The van der Waals surface area contributed by atoms with Crippen LogP contribution in [0.25, 0.3) is 0 Å². The van der Waals surface area contributed by atoms with E-state index in [2.05, 4.69) is 0 Å². The summed E-state index contributed by atoms with van der Waals surface area (Å²) in [5.41, 5.74) is 6.22. The average molecular weight is 310 g/mol. The number of hydrogen-bond acceptors (Lipinski definition) is 4. The van der Waals surface area contributed by atoms with Crippen molar-refractivity contribution in [2.45, 2.75) is 43.0 Å². The SMILES string of the molecule is COc1cc(N)ccc1S(=O)(=O)N1CCC2CCCCC21. The maximum Gasteiger partial charge on any atom is 0.247 e. The molecule has 1 saturated heterocycles. The molecule has 0 bridgehead atoms. The van der Waals surface area contributed by atoms with E-state index in [1.807, 2.05) is 0 Å². The number of benzene rings is 1. The van der Waals surface area contributed by atoms with Gasteiger partial charge in [-0.15, -0.1) is 0 Å². The Hall–Kier alpha value is -1.27. The summed E-state index contributed by atoms with van der Waals surface area (Å²) in [7, 11) is -2.04.